The molecule has 0 saturated heterocycles. The summed E-state index contributed by atoms with van der Waals surface area (Å²) >= 11 is 0. The quantitative estimate of drug-likeness (QED) is 0.380. The van der Waals surface area contributed by atoms with Crippen LogP contribution in [0.15, 0.2) is 36.4 Å². The standard InChI is InChI=1S/C24H21F5/c1-15-3-6-17(7-4-15)9-10-22-11-13-23(14-12-22,21(27)24(22,28)29)18-8-5-16(2)19(25)20(18)26/h3-8,21H,11-14H2,1-2H3. The molecule has 3 aliphatic rings. The molecule has 1 atom stereocenters. The van der Waals surface area contributed by atoms with Crippen molar-refractivity contribution in [1.29, 1.82) is 0 Å². The number of hydrogen-bond acceptors (Lipinski definition) is 0. The summed E-state index contributed by atoms with van der Waals surface area (Å²) in [6.45, 7) is 3.29. The van der Waals surface area contributed by atoms with Crippen molar-refractivity contribution in [1.82, 2.24) is 0 Å². The van der Waals surface area contributed by atoms with Crippen molar-refractivity contribution in [2.45, 2.75) is 57.0 Å². The number of alkyl halides is 3. The maximum Gasteiger partial charge on any atom is 0.295 e. The van der Waals surface area contributed by atoms with E-state index in [2.05, 4.69) is 11.8 Å². The minimum absolute atomic E-state index is 0.00571. The average Bonchev–Trinajstić information content (AvgIpc) is 2.70. The fourth-order valence-corrected chi connectivity index (χ4v) is 4.77. The zero-order chi connectivity index (χ0) is 21.0. The van der Waals surface area contributed by atoms with Gasteiger partial charge in [-0.25, -0.2) is 22.0 Å². The van der Waals surface area contributed by atoms with E-state index in [0.29, 0.717) is 5.56 Å². The second kappa shape index (κ2) is 6.58. The summed E-state index contributed by atoms with van der Waals surface area (Å²) in [6, 6.07) is 9.72. The van der Waals surface area contributed by atoms with Crippen LogP contribution in [0.1, 0.15) is 47.9 Å². The zero-order valence-electron chi connectivity index (χ0n) is 16.3. The summed E-state index contributed by atoms with van der Waals surface area (Å²) < 4.78 is 74.5. The molecule has 2 aromatic carbocycles. The van der Waals surface area contributed by atoms with Gasteiger partial charge in [0.2, 0.25) is 0 Å². The third kappa shape index (κ3) is 2.79. The maximum absolute atomic E-state index is 15.3. The number of benzene rings is 2. The second-order valence-electron chi connectivity index (χ2n) is 8.40. The molecule has 1 unspecified atom stereocenters. The van der Waals surface area contributed by atoms with E-state index < -0.39 is 34.6 Å². The number of aryl methyl sites for hydroxylation is 2. The lowest BCUT2D eigenvalue weighted by molar-refractivity contribution is -0.226. The van der Waals surface area contributed by atoms with Gasteiger partial charge in [0, 0.05) is 16.5 Å². The Bertz CT molecular complexity index is 1000. The third-order valence-corrected chi connectivity index (χ3v) is 6.75. The third-order valence-electron chi connectivity index (χ3n) is 6.75. The van der Waals surface area contributed by atoms with Gasteiger partial charge >= 0.3 is 0 Å². The molecule has 0 amide bonds. The van der Waals surface area contributed by atoms with Crippen molar-refractivity contribution in [2.24, 2.45) is 5.41 Å². The first-order valence-corrected chi connectivity index (χ1v) is 9.70. The van der Waals surface area contributed by atoms with Gasteiger partial charge in [0.1, 0.15) is 0 Å². The van der Waals surface area contributed by atoms with E-state index in [1.165, 1.54) is 19.1 Å². The smallest absolute Gasteiger partial charge is 0.240 e. The summed E-state index contributed by atoms with van der Waals surface area (Å²) in [7, 11) is 0. The average molecular weight is 404 g/mol. The highest BCUT2D eigenvalue weighted by atomic mass is 19.3. The normalized spacial score (nSPS) is 30.0. The van der Waals surface area contributed by atoms with Crippen molar-refractivity contribution in [3.05, 3.63) is 70.3 Å². The highest BCUT2D eigenvalue weighted by Crippen LogP contribution is 2.65. The Morgan fingerprint density at radius 3 is 2.10 bits per heavy atom. The van der Waals surface area contributed by atoms with E-state index in [-0.39, 0.29) is 36.8 Å². The second-order valence-corrected chi connectivity index (χ2v) is 8.40. The zero-order valence-corrected chi connectivity index (χ0v) is 16.3. The van der Waals surface area contributed by atoms with Crippen LogP contribution < -0.4 is 0 Å². The molecule has 3 fully saturated rings. The Hall–Kier alpha value is -2.35. The number of halogens is 5. The van der Waals surface area contributed by atoms with Gasteiger partial charge in [0.15, 0.2) is 17.8 Å². The van der Waals surface area contributed by atoms with Crippen molar-refractivity contribution in [2.75, 3.05) is 0 Å². The van der Waals surface area contributed by atoms with Gasteiger partial charge in [-0.2, -0.15) is 0 Å². The topological polar surface area (TPSA) is 0 Å². The van der Waals surface area contributed by atoms with Crippen LogP contribution >= 0.6 is 0 Å². The largest absolute Gasteiger partial charge is 0.295 e. The molecule has 3 aliphatic carbocycles. The van der Waals surface area contributed by atoms with E-state index >= 15 is 13.2 Å². The Labute approximate surface area is 167 Å². The van der Waals surface area contributed by atoms with Crippen LogP contribution in [-0.4, -0.2) is 12.1 Å². The van der Waals surface area contributed by atoms with Gasteiger partial charge in [-0.05, 0) is 57.2 Å². The first-order chi connectivity index (χ1) is 13.6. The highest BCUT2D eigenvalue weighted by molar-refractivity contribution is 5.43. The molecule has 0 nitrogen and oxygen atoms in total. The molecule has 0 radical (unpaired) electrons. The summed E-state index contributed by atoms with van der Waals surface area (Å²) in [5.74, 6) is -0.618. The van der Waals surface area contributed by atoms with Crippen LogP contribution in [-0.2, 0) is 5.41 Å². The summed E-state index contributed by atoms with van der Waals surface area (Å²) in [5, 5.41) is 0. The first-order valence-electron chi connectivity index (χ1n) is 9.70. The van der Waals surface area contributed by atoms with Crippen LogP contribution in [0.25, 0.3) is 0 Å². The summed E-state index contributed by atoms with van der Waals surface area (Å²) in [5.41, 5.74) is -2.13. The van der Waals surface area contributed by atoms with E-state index in [1.807, 2.05) is 19.1 Å². The van der Waals surface area contributed by atoms with Crippen molar-refractivity contribution in [3.8, 4) is 11.8 Å². The molecule has 0 aliphatic heterocycles. The lowest BCUT2D eigenvalue weighted by Gasteiger charge is -2.57. The lowest BCUT2D eigenvalue weighted by atomic mass is 9.49. The predicted molar refractivity (Wildman–Crippen MR) is 102 cm³/mol. The molecular formula is C24H21F5. The number of rotatable bonds is 1. The molecule has 3 saturated carbocycles. The molecule has 152 valence electrons. The summed E-state index contributed by atoms with van der Waals surface area (Å²) in [6.07, 6.45) is -2.73. The Balaban J connectivity index is 1.74. The summed E-state index contributed by atoms with van der Waals surface area (Å²) in [4.78, 5) is 0. The Morgan fingerprint density at radius 1 is 0.862 bits per heavy atom. The van der Waals surface area contributed by atoms with Gasteiger partial charge in [-0.3, -0.25) is 0 Å². The molecule has 0 aromatic heterocycles. The molecule has 2 aromatic rings. The fraction of sp³-hybridized carbons (Fsp3) is 0.417. The van der Waals surface area contributed by atoms with Gasteiger partial charge in [0.25, 0.3) is 5.92 Å². The maximum atomic E-state index is 15.3. The molecule has 0 N–H and O–H groups in total. The van der Waals surface area contributed by atoms with Crippen molar-refractivity contribution < 1.29 is 22.0 Å². The van der Waals surface area contributed by atoms with E-state index in [4.69, 9.17) is 0 Å². The van der Waals surface area contributed by atoms with Crippen molar-refractivity contribution in [3.63, 3.8) is 0 Å². The minimum Gasteiger partial charge on any atom is -0.240 e. The van der Waals surface area contributed by atoms with Gasteiger partial charge in [-0.1, -0.05) is 41.7 Å². The van der Waals surface area contributed by atoms with Crippen LogP contribution in [0.5, 0.6) is 0 Å². The number of fused-ring (bicyclic) bond motifs is 3. The van der Waals surface area contributed by atoms with Crippen LogP contribution in [0, 0.1) is 42.7 Å². The fourth-order valence-electron chi connectivity index (χ4n) is 4.77. The predicted octanol–water partition coefficient (Wildman–Crippen LogP) is 6.42. The van der Waals surface area contributed by atoms with Crippen LogP contribution in [0.4, 0.5) is 22.0 Å². The molecule has 0 spiro atoms. The first kappa shape index (κ1) is 19.9. The Morgan fingerprint density at radius 2 is 1.48 bits per heavy atom. The van der Waals surface area contributed by atoms with Crippen LogP contribution in [0.2, 0.25) is 0 Å². The van der Waals surface area contributed by atoms with E-state index in [9.17, 15) is 8.78 Å². The lowest BCUT2D eigenvalue weighted by Crippen LogP contribution is -2.65. The van der Waals surface area contributed by atoms with Gasteiger partial charge in [-0.15, -0.1) is 0 Å². The van der Waals surface area contributed by atoms with Crippen molar-refractivity contribution >= 4 is 0 Å². The van der Waals surface area contributed by atoms with Gasteiger partial charge in [0.05, 0.1) is 5.41 Å². The molecule has 5 rings (SSSR count). The van der Waals surface area contributed by atoms with Gasteiger partial charge < -0.3 is 0 Å². The number of hydrogen-bond donors (Lipinski definition) is 0. The molecule has 0 heterocycles. The van der Waals surface area contributed by atoms with E-state index in [1.54, 1.807) is 12.1 Å². The SMILES string of the molecule is Cc1ccc(C#CC23CCC(c4ccc(C)c(F)c4F)(CC2)C(F)C3(F)F)cc1. The monoisotopic (exact) mass is 404 g/mol. The molecule has 2 bridgehead atoms. The van der Waals surface area contributed by atoms with Crippen LogP contribution in [0.3, 0.4) is 0 Å². The Kier molecular flexibility index (Phi) is 4.53. The molecule has 29 heavy (non-hydrogen) atoms. The highest BCUT2D eigenvalue weighted by Gasteiger charge is 2.72. The molecule has 5 heteroatoms. The molecular weight excluding hydrogens is 383 g/mol. The minimum atomic E-state index is -3.75. The van der Waals surface area contributed by atoms with E-state index in [0.717, 1.165) is 5.56 Å².